The van der Waals surface area contributed by atoms with Crippen molar-refractivity contribution in [1.82, 2.24) is 4.31 Å². The Morgan fingerprint density at radius 3 is 2.29 bits per heavy atom. The molecule has 1 fully saturated rings. The summed E-state index contributed by atoms with van der Waals surface area (Å²) in [5.74, 6) is -0.352. The van der Waals surface area contributed by atoms with Crippen LogP contribution in [-0.2, 0) is 14.8 Å². The zero-order chi connectivity index (χ0) is 20.3. The molecule has 1 N–H and O–H groups in total. The van der Waals surface area contributed by atoms with Crippen molar-refractivity contribution in [2.75, 3.05) is 18.4 Å². The van der Waals surface area contributed by atoms with Crippen molar-refractivity contribution in [3.8, 4) is 0 Å². The molecule has 0 atom stereocenters. The van der Waals surface area contributed by atoms with Crippen LogP contribution in [0.15, 0.2) is 53.4 Å². The van der Waals surface area contributed by atoms with Gasteiger partial charge in [0, 0.05) is 37.2 Å². The smallest absolute Gasteiger partial charge is 0.243 e. The number of benzene rings is 2. The second-order valence-electron chi connectivity index (χ2n) is 7.07. The number of carbonyl (C=O) groups is 2. The maximum Gasteiger partial charge on any atom is 0.243 e. The maximum atomic E-state index is 13.1. The first-order valence-electron chi connectivity index (χ1n) is 9.26. The molecule has 2 aromatic rings. The van der Waals surface area contributed by atoms with Gasteiger partial charge in [0.2, 0.25) is 15.9 Å². The molecule has 0 radical (unpaired) electrons. The number of Topliss-reactive ketones (excluding diaryl/α,β-unsaturated/α-hetero) is 1. The maximum absolute atomic E-state index is 13.1. The van der Waals surface area contributed by atoms with Crippen LogP contribution in [0.5, 0.6) is 0 Å². The molecule has 0 aromatic heterocycles. The number of hydrogen-bond acceptors (Lipinski definition) is 4. The minimum absolute atomic E-state index is 0.0708. The summed E-state index contributed by atoms with van der Waals surface area (Å²) in [7, 11) is -3.69. The van der Waals surface area contributed by atoms with Crippen LogP contribution in [0.4, 0.5) is 5.69 Å². The predicted molar refractivity (Wildman–Crippen MR) is 108 cm³/mol. The third-order valence-corrected chi connectivity index (χ3v) is 7.05. The van der Waals surface area contributed by atoms with Gasteiger partial charge in [-0.3, -0.25) is 9.59 Å². The average molecular weight is 401 g/mol. The number of nitrogens with one attached hydrogen (secondary N) is 1. The fraction of sp³-hybridized carbons (Fsp3) is 0.333. The Balaban J connectivity index is 1.75. The molecular formula is C21H24N2O4S. The highest BCUT2D eigenvalue weighted by atomic mass is 32.2. The Kier molecular flexibility index (Phi) is 5.96. The van der Waals surface area contributed by atoms with Gasteiger partial charge in [-0.05, 0) is 37.5 Å². The van der Waals surface area contributed by atoms with Crippen LogP contribution in [-0.4, -0.2) is 37.5 Å². The number of rotatable bonds is 5. The Morgan fingerprint density at radius 2 is 1.68 bits per heavy atom. The second kappa shape index (κ2) is 8.24. The van der Waals surface area contributed by atoms with Gasteiger partial charge in [-0.25, -0.2) is 8.42 Å². The lowest BCUT2D eigenvalue weighted by Crippen LogP contribution is -2.40. The SMILES string of the molecule is CC(=O)Nc1ccc(C)c(S(=O)(=O)N2CCC(C(=O)c3ccccc3)CC2)c1. The molecule has 3 rings (SSSR count). The van der Waals surface area contributed by atoms with Crippen molar-refractivity contribution in [2.45, 2.75) is 31.6 Å². The van der Waals surface area contributed by atoms with Crippen molar-refractivity contribution in [3.63, 3.8) is 0 Å². The molecular weight excluding hydrogens is 376 g/mol. The Bertz CT molecular complexity index is 979. The van der Waals surface area contributed by atoms with E-state index in [0.29, 0.717) is 42.7 Å². The Labute approximate surface area is 165 Å². The normalized spacial score (nSPS) is 15.9. The lowest BCUT2D eigenvalue weighted by molar-refractivity contribution is -0.114. The van der Waals surface area contributed by atoms with E-state index in [1.165, 1.54) is 17.3 Å². The highest BCUT2D eigenvalue weighted by molar-refractivity contribution is 7.89. The summed E-state index contributed by atoms with van der Waals surface area (Å²) < 4.78 is 27.7. The van der Waals surface area contributed by atoms with E-state index < -0.39 is 10.0 Å². The third-order valence-electron chi connectivity index (χ3n) is 5.01. The summed E-state index contributed by atoms with van der Waals surface area (Å²) in [5, 5.41) is 2.62. The summed E-state index contributed by atoms with van der Waals surface area (Å²) in [6.07, 6.45) is 0.995. The molecule has 1 saturated heterocycles. The topological polar surface area (TPSA) is 83.6 Å². The number of sulfonamides is 1. The van der Waals surface area contributed by atoms with Crippen LogP contribution in [0.3, 0.4) is 0 Å². The number of amides is 1. The van der Waals surface area contributed by atoms with Gasteiger partial charge in [-0.1, -0.05) is 36.4 Å². The lowest BCUT2D eigenvalue weighted by Gasteiger charge is -2.31. The number of hydrogen-bond donors (Lipinski definition) is 1. The van der Waals surface area contributed by atoms with Crippen molar-refractivity contribution in [1.29, 1.82) is 0 Å². The molecule has 1 aliphatic rings. The zero-order valence-electron chi connectivity index (χ0n) is 16.0. The molecule has 6 nitrogen and oxygen atoms in total. The van der Waals surface area contributed by atoms with Crippen molar-refractivity contribution >= 4 is 27.4 Å². The van der Waals surface area contributed by atoms with E-state index in [2.05, 4.69) is 5.32 Å². The molecule has 7 heteroatoms. The van der Waals surface area contributed by atoms with Crippen LogP contribution in [0, 0.1) is 12.8 Å². The highest BCUT2D eigenvalue weighted by Gasteiger charge is 2.33. The molecule has 1 aliphatic heterocycles. The van der Waals surface area contributed by atoms with Gasteiger partial charge in [0.05, 0.1) is 4.90 Å². The van der Waals surface area contributed by atoms with Gasteiger partial charge in [0.25, 0.3) is 0 Å². The van der Waals surface area contributed by atoms with Gasteiger partial charge in [-0.15, -0.1) is 0 Å². The number of piperidine rings is 1. The lowest BCUT2D eigenvalue weighted by atomic mass is 9.90. The molecule has 0 aliphatic carbocycles. The first kappa shape index (κ1) is 20.2. The zero-order valence-corrected chi connectivity index (χ0v) is 16.8. The average Bonchev–Trinajstić information content (AvgIpc) is 2.69. The number of ketones is 1. The Hall–Kier alpha value is -2.51. The first-order chi connectivity index (χ1) is 13.3. The van der Waals surface area contributed by atoms with Crippen LogP contribution < -0.4 is 5.32 Å². The molecule has 28 heavy (non-hydrogen) atoms. The fourth-order valence-electron chi connectivity index (χ4n) is 3.49. The van der Waals surface area contributed by atoms with Crippen LogP contribution >= 0.6 is 0 Å². The van der Waals surface area contributed by atoms with E-state index in [-0.39, 0.29) is 22.5 Å². The highest BCUT2D eigenvalue weighted by Crippen LogP contribution is 2.29. The molecule has 1 heterocycles. The minimum Gasteiger partial charge on any atom is -0.326 e. The van der Waals surface area contributed by atoms with Crippen molar-refractivity contribution in [2.24, 2.45) is 5.92 Å². The molecule has 0 spiro atoms. The van der Waals surface area contributed by atoms with Crippen molar-refractivity contribution < 1.29 is 18.0 Å². The van der Waals surface area contributed by atoms with E-state index in [0.717, 1.165) is 0 Å². The van der Waals surface area contributed by atoms with Gasteiger partial charge in [0.1, 0.15) is 0 Å². The Morgan fingerprint density at radius 1 is 1.04 bits per heavy atom. The number of anilines is 1. The summed E-state index contributed by atoms with van der Waals surface area (Å²) in [5.41, 5.74) is 1.74. The molecule has 148 valence electrons. The van der Waals surface area contributed by atoms with Gasteiger partial charge in [0.15, 0.2) is 5.78 Å². The van der Waals surface area contributed by atoms with E-state index >= 15 is 0 Å². The summed E-state index contributed by atoms with van der Waals surface area (Å²) in [6, 6.07) is 14.0. The fourth-order valence-corrected chi connectivity index (χ4v) is 5.22. The van der Waals surface area contributed by atoms with E-state index in [1.54, 1.807) is 31.2 Å². The molecule has 0 bridgehead atoms. The standard InChI is InChI=1S/C21H24N2O4S/c1-15-8-9-19(22-16(2)24)14-20(15)28(26,27)23-12-10-18(11-13-23)21(25)17-6-4-3-5-7-17/h3-9,14,18H,10-13H2,1-2H3,(H,22,24). The van der Waals surface area contributed by atoms with E-state index in [4.69, 9.17) is 0 Å². The molecule has 1 amide bonds. The van der Waals surface area contributed by atoms with Crippen LogP contribution in [0.25, 0.3) is 0 Å². The quantitative estimate of drug-likeness (QED) is 0.781. The first-order valence-corrected chi connectivity index (χ1v) is 10.7. The predicted octanol–water partition coefficient (Wildman–Crippen LogP) is 3.24. The molecule has 2 aromatic carbocycles. The largest absolute Gasteiger partial charge is 0.326 e. The minimum atomic E-state index is -3.69. The second-order valence-corrected chi connectivity index (χ2v) is 8.98. The van der Waals surface area contributed by atoms with Crippen LogP contribution in [0.2, 0.25) is 0 Å². The van der Waals surface area contributed by atoms with Gasteiger partial charge >= 0.3 is 0 Å². The summed E-state index contributed by atoms with van der Waals surface area (Å²) in [4.78, 5) is 24.1. The third kappa shape index (κ3) is 4.31. The number of aryl methyl sites for hydroxylation is 1. The summed E-state index contributed by atoms with van der Waals surface area (Å²) >= 11 is 0. The van der Waals surface area contributed by atoms with Crippen molar-refractivity contribution in [3.05, 3.63) is 59.7 Å². The van der Waals surface area contributed by atoms with Gasteiger partial charge in [-0.2, -0.15) is 4.31 Å². The van der Waals surface area contributed by atoms with E-state index in [9.17, 15) is 18.0 Å². The number of carbonyl (C=O) groups excluding carboxylic acids is 2. The van der Waals surface area contributed by atoms with Gasteiger partial charge < -0.3 is 5.32 Å². The monoisotopic (exact) mass is 400 g/mol. The van der Waals surface area contributed by atoms with E-state index in [1.807, 2.05) is 18.2 Å². The molecule has 0 unspecified atom stereocenters. The number of nitrogens with zero attached hydrogens (tertiary/aromatic N) is 1. The van der Waals surface area contributed by atoms with Crippen LogP contribution in [0.1, 0.15) is 35.7 Å². The summed E-state index contributed by atoms with van der Waals surface area (Å²) in [6.45, 7) is 3.71. The molecule has 0 saturated carbocycles.